The van der Waals surface area contributed by atoms with Crippen LogP contribution in [-0.4, -0.2) is 62.0 Å². The van der Waals surface area contributed by atoms with Crippen LogP contribution in [0.1, 0.15) is 12.8 Å². The molecule has 25 heavy (non-hydrogen) atoms. The number of anilines is 1. The Morgan fingerprint density at radius 3 is 2.76 bits per heavy atom. The SMILES string of the molecule is CNCCN(C)C(=O)C1CCCN(C(=O)Nc2ccccc2F)C1.Cl. The van der Waals surface area contributed by atoms with Crippen molar-refractivity contribution in [3.05, 3.63) is 30.1 Å². The molecule has 2 N–H and O–H groups in total. The second-order valence-corrected chi connectivity index (χ2v) is 6.06. The molecule has 1 heterocycles. The lowest BCUT2D eigenvalue weighted by Crippen LogP contribution is -2.48. The van der Waals surface area contributed by atoms with Crippen LogP contribution in [-0.2, 0) is 4.79 Å². The van der Waals surface area contributed by atoms with Crippen LogP contribution >= 0.6 is 12.4 Å². The lowest BCUT2D eigenvalue weighted by molar-refractivity contribution is -0.135. The fourth-order valence-electron chi connectivity index (χ4n) is 2.82. The number of amides is 3. The van der Waals surface area contributed by atoms with Gasteiger partial charge in [-0.25, -0.2) is 9.18 Å². The molecule has 1 atom stereocenters. The van der Waals surface area contributed by atoms with Crippen LogP contribution in [0.4, 0.5) is 14.9 Å². The van der Waals surface area contributed by atoms with Crippen molar-refractivity contribution in [3.63, 3.8) is 0 Å². The Morgan fingerprint density at radius 1 is 1.36 bits per heavy atom. The fraction of sp³-hybridized carbons (Fsp3) is 0.529. The Morgan fingerprint density at radius 2 is 2.08 bits per heavy atom. The van der Waals surface area contributed by atoms with Crippen molar-refractivity contribution in [1.29, 1.82) is 0 Å². The zero-order valence-electron chi connectivity index (χ0n) is 14.6. The summed E-state index contributed by atoms with van der Waals surface area (Å²) in [6.45, 7) is 2.30. The lowest BCUT2D eigenvalue weighted by atomic mass is 9.97. The van der Waals surface area contributed by atoms with E-state index in [0.29, 0.717) is 19.6 Å². The number of nitrogens with one attached hydrogen (secondary N) is 2. The summed E-state index contributed by atoms with van der Waals surface area (Å²) in [5.74, 6) is -0.622. The van der Waals surface area contributed by atoms with E-state index in [0.717, 1.165) is 19.4 Å². The number of nitrogens with zero attached hydrogens (tertiary/aromatic N) is 2. The first-order chi connectivity index (χ1) is 11.5. The smallest absolute Gasteiger partial charge is 0.321 e. The maximum absolute atomic E-state index is 13.6. The molecule has 0 bridgehead atoms. The van der Waals surface area contributed by atoms with Gasteiger partial charge in [0.2, 0.25) is 5.91 Å². The van der Waals surface area contributed by atoms with E-state index in [4.69, 9.17) is 0 Å². The number of carbonyl (C=O) groups excluding carboxylic acids is 2. The molecule has 0 aliphatic carbocycles. The monoisotopic (exact) mass is 372 g/mol. The van der Waals surface area contributed by atoms with E-state index < -0.39 is 5.82 Å². The van der Waals surface area contributed by atoms with Crippen molar-refractivity contribution in [2.75, 3.05) is 45.6 Å². The zero-order chi connectivity index (χ0) is 17.5. The quantitative estimate of drug-likeness (QED) is 0.832. The van der Waals surface area contributed by atoms with Crippen LogP contribution in [0.5, 0.6) is 0 Å². The van der Waals surface area contributed by atoms with Gasteiger partial charge in [0.1, 0.15) is 5.82 Å². The molecule has 8 heteroatoms. The van der Waals surface area contributed by atoms with E-state index in [-0.39, 0.29) is 36.0 Å². The van der Waals surface area contributed by atoms with Crippen molar-refractivity contribution >= 4 is 30.0 Å². The summed E-state index contributed by atoms with van der Waals surface area (Å²) >= 11 is 0. The van der Waals surface area contributed by atoms with E-state index in [1.165, 1.54) is 12.1 Å². The highest BCUT2D eigenvalue weighted by molar-refractivity contribution is 5.90. The first-order valence-electron chi connectivity index (χ1n) is 8.23. The summed E-state index contributed by atoms with van der Waals surface area (Å²) in [7, 11) is 3.62. The Kier molecular flexibility index (Phi) is 8.65. The molecule has 1 unspecified atom stereocenters. The van der Waals surface area contributed by atoms with Gasteiger partial charge in [0.15, 0.2) is 0 Å². The van der Waals surface area contributed by atoms with Crippen LogP contribution in [0.15, 0.2) is 24.3 Å². The summed E-state index contributed by atoms with van der Waals surface area (Å²) < 4.78 is 13.6. The number of likely N-dealkylation sites (tertiary alicyclic amines) is 1. The van der Waals surface area contributed by atoms with Crippen LogP contribution in [0.3, 0.4) is 0 Å². The molecule has 0 radical (unpaired) electrons. The highest BCUT2D eigenvalue weighted by atomic mass is 35.5. The molecular formula is C17H26ClFN4O2. The minimum Gasteiger partial charge on any atom is -0.344 e. The highest BCUT2D eigenvalue weighted by Crippen LogP contribution is 2.20. The summed E-state index contributed by atoms with van der Waals surface area (Å²) in [5.41, 5.74) is 0.155. The Bertz CT molecular complexity index is 588. The average molecular weight is 373 g/mol. The molecule has 1 aliphatic rings. The number of piperidine rings is 1. The van der Waals surface area contributed by atoms with Gasteiger partial charge < -0.3 is 20.4 Å². The third kappa shape index (κ3) is 5.86. The van der Waals surface area contributed by atoms with Crippen molar-refractivity contribution in [2.24, 2.45) is 5.92 Å². The number of likely N-dealkylation sites (N-methyl/N-ethyl adjacent to an activating group) is 2. The van der Waals surface area contributed by atoms with Gasteiger partial charge in [-0.2, -0.15) is 0 Å². The second-order valence-electron chi connectivity index (χ2n) is 6.06. The summed E-state index contributed by atoms with van der Waals surface area (Å²) in [6.07, 6.45) is 1.53. The van der Waals surface area contributed by atoms with Crippen molar-refractivity contribution < 1.29 is 14.0 Å². The van der Waals surface area contributed by atoms with E-state index in [9.17, 15) is 14.0 Å². The molecule has 1 saturated heterocycles. The molecule has 0 aromatic heterocycles. The Hall–Kier alpha value is -1.86. The average Bonchev–Trinajstić information content (AvgIpc) is 2.61. The topological polar surface area (TPSA) is 64.7 Å². The van der Waals surface area contributed by atoms with Gasteiger partial charge in [-0.3, -0.25) is 4.79 Å². The summed E-state index contributed by atoms with van der Waals surface area (Å²) in [5, 5.41) is 5.59. The molecule has 6 nitrogen and oxygen atoms in total. The van der Waals surface area contributed by atoms with E-state index in [1.54, 1.807) is 29.0 Å². The number of benzene rings is 1. The zero-order valence-corrected chi connectivity index (χ0v) is 15.4. The fourth-order valence-corrected chi connectivity index (χ4v) is 2.82. The molecule has 2 rings (SSSR count). The number of hydrogen-bond donors (Lipinski definition) is 2. The van der Waals surface area contributed by atoms with Gasteiger partial charge in [0.25, 0.3) is 0 Å². The molecule has 1 aromatic rings. The van der Waals surface area contributed by atoms with Crippen molar-refractivity contribution in [3.8, 4) is 0 Å². The summed E-state index contributed by atoms with van der Waals surface area (Å²) in [6, 6.07) is 5.69. The standard InChI is InChI=1S/C17H25FN4O2.ClH/c1-19-9-11-21(2)16(23)13-6-5-10-22(12-13)17(24)20-15-8-4-3-7-14(15)18;/h3-4,7-8,13,19H,5-6,9-12H2,1-2H3,(H,20,24);1H. The first-order valence-corrected chi connectivity index (χ1v) is 8.23. The molecule has 1 fully saturated rings. The number of carbonyl (C=O) groups is 2. The Balaban J connectivity index is 0.00000312. The molecule has 0 saturated carbocycles. The molecular weight excluding hydrogens is 347 g/mol. The predicted octanol–water partition coefficient (Wildman–Crippen LogP) is 2.17. The summed E-state index contributed by atoms with van der Waals surface area (Å²) in [4.78, 5) is 28.1. The van der Waals surface area contributed by atoms with Gasteiger partial charge in [-0.05, 0) is 32.0 Å². The predicted molar refractivity (Wildman–Crippen MR) is 98.5 cm³/mol. The minimum absolute atomic E-state index is 0. The third-order valence-corrected chi connectivity index (χ3v) is 4.25. The number of para-hydroxylation sites is 1. The highest BCUT2D eigenvalue weighted by Gasteiger charge is 2.30. The maximum Gasteiger partial charge on any atom is 0.321 e. The molecule has 1 aliphatic heterocycles. The number of hydrogen-bond acceptors (Lipinski definition) is 3. The van der Waals surface area contributed by atoms with Gasteiger partial charge in [0.05, 0.1) is 11.6 Å². The van der Waals surface area contributed by atoms with Crippen LogP contribution in [0.25, 0.3) is 0 Å². The van der Waals surface area contributed by atoms with Gasteiger partial charge in [-0.15, -0.1) is 12.4 Å². The first kappa shape index (κ1) is 21.2. The molecule has 3 amide bonds. The van der Waals surface area contributed by atoms with Gasteiger partial charge >= 0.3 is 6.03 Å². The van der Waals surface area contributed by atoms with Gasteiger partial charge in [0, 0.05) is 33.2 Å². The molecule has 1 aromatic carbocycles. The van der Waals surface area contributed by atoms with Crippen LogP contribution in [0.2, 0.25) is 0 Å². The normalized spacial score (nSPS) is 16.8. The van der Waals surface area contributed by atoms with E-state index in [1.807, 2.05) is 7.05 Å². The van der Waals surface area contributed by atoms with Gasteiger partial charge in [-0.1, -0.05) is 12.1 Å². The second kappa shape index (κ2) is 10.2. The Labute approximate surface area is 154 Å². The van der Waals surface area contributed by atoms with E-state index >= 15 is 0 Å². The largest absolute Gasteiger partial charge is 0.344 e. The molecule has 140 valence electrons. The lowest BCUT2D eigenvalue weighted by Gasteiger charge is -2.34. The van der Waals surface area contributed by atoms with Crippen LogP contribution in [0, 0.1) is 11.7 Å². The molecule has 0 spiro atoms. The third-order valence-electron chi connectivity index (χ3n) is 4.25. The van der Waals surface area contributed by atoms with Crippen molar-refractivity contribution in [2.45, 2.75) is 12.8 Å². The number of halogens is 2. The van der Waals surface area contributed by atoms with E-state index in [2.05, 4.69) is 10.6 Å². The number of rotatable bonds is 5. The van der Waals surface area contributed by atoms with Crippen LogP contribution < -0.4 is 10.6 Å². The van der Waals surface area contributed by atoms with Crippen molar-refractivity contribution in [1.82, 2.24) is 15.1 Å². The maximum atomic E-state index is 13.6. The minimum atomic E-state index is -0.470. The number of urea groups is 1.